The summed E-state index contributed by atoms with van der Waals surface area (Å²) in [5.74, 6) is -0.685. The van der Waals surface area contributed by atoms with Gasteiger partial charge in [0.05, 0.1) is 24.8 Å². The Hall–Kier alpha value is -3.12. The van der Waals surface area contributed by atoms with E-state index < -0.39 is 17.7 Å². The van der Waals surface area contributed by atoms with Crippen molar-refractivity contribution >= 4 is 17.4 Å². The monoisotopic (exact) mass is 379 g/mol. The SMILES string of the molecule is COCCN1C(=O)C(=O)/C(=C(\O)c2ccc3c(c2)CCO3)C1c1ccccc1. The zero-order chi connectivity index (χ0) is 19.7. The maximum Gasteiger partial charge on any atom is 0.295 e. The second-order valence-corrected chi connectivity index (χ2v) is 6.82. The zero-order valence-electron chi connectivity index (χ0n) is 15.6. The van der Waals surface area contributed by atoms with E-state index in [1.54, 1.807) is 19.2 Å². The smallest absolute Gasteiger partial charge is 0.295 e. The predicted molar refractivity (Wildman–Crippen MR) is 103 cm³/mol. The molecule has 1 unspecified atom stereocenters. The number of carbonyl (C=O) groups is 2. The van der Waals surface area contributed by atoms with Gasteiger partial charge in [-0.2, -0.15) is 0 Å². The maximum absolute atomic E-state index is 12.8. The van der Waals surface area contributed by atoms with Gasteiger partial charge in [0, 0.05) is 25.6 Å². The molecular weight excluding hydrogens is 358 g/mol. The molecule has 2 aliphatic heterocycles. The first-order chi connectivity index (χ1) is 13.6. The molecule has 4 rings (SSSR count). The van der Waals surface area contributed by atoms with E-state index in [0.717, 1.165) is 23.3 Å². The third kappa shape index (κ3) is 3.05. The molecule has 2 heterocycles. The largest absolute Gasteiger partial charge is 0.507 e. The van der Waals surface area contributed by atoms with E-state index in [0.29, 0.717) is 18.8 Å². The first-order valence-electron chi connectivity index (χ1n) is 9.20. The highest BCUT2D eigenvalue weighted by Crippen LogP contribution is 2.40. The van der Waals surface area contributed by atoms with Crippen LogP contribution in [0.1, 0.15) is 22.7 Å². The van der Waals surface area contributed by atoms with E-state index in [1.165, 1.54) is 4.90 Å². The van der Waals surface area contributed by atoms with Gasteiger partial charge in [0.1, 0.15) is 11.5 Å². The molecule has 0 radical (unpaired) electrons. The molecule has 2 aliphatic rings. The van der Waals surface area contributed by atoms with Crippen LogP contribution in [0.25, 0.3) is 5.76 Å². The Morgan fingerprint density at radius 3 is 2.75 bits per heavy atom. The Labute approximate surface area is 163 Å². The van der Waals surface area contributed by atoms with Crippen LogP contribution in [0.4, 0.5) is 0 Å². The molecule has 0 bridgehead atoms. The minimum absolute atomic E-state index is 0.103. The summed E-state index contributed by atoms with van der Waals surface area (Å²) in [6.45, 7) is 1.16. The second kappa shape index (κ2) is 7.48. The second-order valence-electron chi connectivity index (χ2n) is 6.82. The summed E-state index contributed by atoms with van der Waals surface area (Å²) in [5.41, 5.74) is 2.36. The number of amides is 1. The highest BCUT2D eigenvalue weighted by Gasteiger charge is 2.45. The molecule has 0 saturated carbocycles. The van der Waals surface area contributed by atoms with E-state index >= 15 is 0 Å². The van der Waals surface area contributed by atoms with Crippen LogP contribution in [-0.4, -0.2) is 48.6 Å². The molecule has 144 valence electrons. The number of ether oxygens (including phenoxy) is 2. The standard InChI is InChI=1S/C22H21NO5/c1-27-12-10-23-19(14-5-3-2-4-6-14)18(21(25)22(23)26)20(24)16-7-8-17-15(13-16)9-11-28-17/h2-8,13,19,24H,9-12H2,1H3/b20-18-. The first kappa shape index (κ1) is 18.3. The van der Waals surface area contributed by atoms with Gasteiger partial charge >= 0.3 is 0 Å². The molecule has 1 N–H and O–H groups in total. The number of Topliss-reactive ketones (excluding diaryl/α,β-unsaturated/α-hetero) is 1. The molecule has 6 heteroatoms. The average Bonchev–Trinajstić information content (AvgIpc) is 3.29. The van der Waals surface area contributed by atoms with Crippen LogP contribution in [-0.2, 0) is 20.7 Å². The summed E-state index contributed by atoms with van der Waals surface area (Å²) in [7, 11) is 1.54. The lowest BCUT2D eigenvalue weighted by Gasteiger charge is -2.25. The average molecular weight is 379 g/mol. The number of fused-ring (bicyclic) bond motifs is 1. The van der Waals surface area contributed by atoms with Crippen LogP contribution >= 0.6 is 0 Å². The van der Waals surface area contributed by atoms with Gasteiger partial charge in [-0.25, -0.2) is 0 Å². The fraction of sp³-hybridized carbons (Fsp3) is 0.273. The Balaban J connectivity index is 1.83. The van der Waals surface area contributed by atoms with E-state index in [9.17, 15) is 14.7 Å². The van der Waals surface area contributed by atoms with Crippen LogP contribution in [0, 0.1) is 0 Å². The number of rotatable bonds is 5. The number of ketones is 1. The van der Waals surface area contributed by atoms with Gasteiger partial charge < -0.3 is 19.5 Å². The molecule has 1 fully saturated rings. The predicted octanol–water partition coefficient (Wildman–Crippen LogP) is 2.69. The van der Waals surface area contributed by atoms with Crippen LogP contribution in [0.5, 0.6) is 5.75 Å². The Morgan fingerprint density at radius 2 is 2.00 bits per heavy atom. The van der Waals surface area contributed by atoms with Gasteiger partial charge in [0.25, 0.3) is 11.7 Å². The molecule has 28 heavy (non-hydrogen) atoms. The zero-order valence-corrected chi connectivity index (χ0v) is 15.6. The van der Waals surface area contributed by atoms with Gasteiger partial charge in [-0.15, -0.1) is 0 Å². The number of aliphatic hydroxyl groups excluding tert-OH is 1. The summed E-state index contributed by atoms with van der Waals surface area (Å²) in [5, 5.41) is 11.0. The van der Waals surface area contributed by atoms with E-state index in [1.807, 2.05) is 36.4 Å². The van der Waals surface area contributed by atoms with Crippen molar-refractivity contribution < 1.29 is 24.2 Å². The first-order valence-corrected chi connectivity index (χ1v) is 9.20. The minimum Gasteiger partial charge on any atom is -0.507 e. The van der Waals surface area contributed by atoms with Crippen molar-refractivity contribution in [2.24, 2.45) is 0 Å². The van der Waals surface area contributed by atoms with Gasteiger partial charge in [-0.1, -0.05) is 30.3 Å². The lowest BCUT2D eigenvalue weighted by molar-refractivity contribution is -0.140. The molecule has 2 aromatic carbocycles. The number of benzene rings is 2. The third-order valence-corrected chi connectivity index (χ3v) is 5.15. The van der Waals surface area contributed by atoms with Crippen LogP contribution in [0.2, 0.25) is 0 Å². The molecule has 1 saturated heterocycles. The third-order valence-electron chi connectivity index (χ3n) is 5.15. The van der Waals surface area contributed by atoms with Crippen molar-refractivity contribution in [1.82, 2.24) is 4.90 Å². The van der Waals surface area contributed by atoms with Crippen molar-refractivity contribution in [2.75, 3.05) is 26.9 Å². The van der Waals surface area contributed by atoms with Crippen LogP contribution in [0.3, 0.4) is 0 Å². The number of methoxy groups -OCH3 is 1. The quantitative estimate of drug-likeness (QED) is 0.491. The molecule has 0 aliphatic carbocycles. The lowest BCUT2D eigenvalue weighted by Crippen LogP contribution is -2.32. The van der Waals surface area contributed by atoms with Gasteiger partial charge in [-0.3, -0.25) is 9.59 Å². The Kier molecular flexibility index (Phi) is 4.88. The molecular formula is C22H21NO5. The molecule has 0 spiro atoms. The number of likely N-dealkylation sites (tertiary alicyclic amines) is 1. The summed E-state index contributed by atoms with van der Waals surface area (Å²) in [6.07, 6.45) is 0.751. The lowest BCUT2D eigenvalue weighted by atomic mass is 9.94. The van der Waals surface area contributed by atoms with Gasteiger partial charge in [0.15, 0.2) is 0 Å². The number of hydrogen-bond acceptors (Lipinski definition) is 5. The van der Waals surface area contributed by atoms with Crippen molar-refractivity contribution in [3.05, 3.63) is 70.8 Å². The number of aliphatic hydroxyl groups is 1. The molecule has 2 aromatic rings. The highest BCUT2D eigenvalue weighted by molar-refractivity contribution is 6.46. The molecule has 1 atom stereocenters. The van der Waals surface area contributed by atoms with Crippen molar-refractivity contribution in [2.45, 2.75) is 12.5 Å². The topological polar surface area (TPSA) is 76.1 Å². The molecule has 6 nitrogen and oxygen atoms in total. The fourth-order valence-electron chi connectivity index (χ4n) is 3.77. The van der Waals surface area contributed by atoms with E-state index in [4.69, 9.17) is 9.47 Å². The van der Waals surface area contributed by atoms with Crippen LogP contribution in [0.15, 0.2) is 54.1 Å². The normalized spacial score (nSPS) is 20.3. The van der Waals surface area contributed by atoms with Crippen molar-refractivity contribution in [3.8, 4) is 5.75 Å². The highest BCUT2D eigenvalue weighted by atomic mass is 16.5. The minimum atomic E-state index is -0.681. The summed E-state index contributed by atoms with van der Waals surface area (Å²) in [6, 6.07) is 13.9. The molecule has 1 amide bonds. The van der Waals surface area contributed by atoms with Crippen molar-refractivity contribution in [1.29, 1.82) is 0 Å². The summed E-state index contributed by atoms with van der Waals surface area (Å²) in [4.78, 5) is 27.0. The number of hydrogen-bond donors (Lipinski definition) is 1. The van der Waals surface area contributed by atoms with E-state index in [2.05, 4.69) is 0 Å². The Morgan fingerprint density at radius 1 is 1.21 bits per heavy atom. The number of nitrogens with zero attached hydrogens (tertiary/aromatic N) is 1. The van der Waals surface area contributed by atoms with Crippen LogP contribution < -0.4 is 4.74 Å². The fourth-order valence-corrected chi connectivity index (χ4v) is 3.77. The van der Waals surface area contributed by atoms with Gasteiger partial charge in [-0.05, 0) is 29.3 Å². The van der Waals surface area contributed by atoms with Crippen molar-refractivity contribution in [3.63, 3.8) is 0 Å². The maximum atomic E-state index is 12.8. The Bertz CT molecular complexity index is 951. The van der Waals surface area contributed by atoms with Gasteiger partial charge in [0.2, 0.25) is 0 Å². The summed E-state index contributed by atoms with van der Waals surface area (Å²) >= 11 is 0. The number of carbonyl (C=O) groups excluding carboxylic acids is 2. The molecule has 0 aromatic heterocycles. The van der Waals surface area contributed by atoms with E-state index in [-0.39, 0.29) is 17.9 Å². The summed E-state index contributed by atoms with van der Waals surface area (Å²) < 4.78 is 10.6.